The molecular formula is C15H23N3O. The Labute approximate surface area is 115 Å². The van der Waals surface area contributed by atoms with Crippen LogP contribution in [0.2, 0.25) is 0 Å². The molecule has 1 amide bonds. The highest BCUT2D eigenvalue weighted by Gasteiger charge is 2.21. The molecule has 0 saturated carbocycles. The van der Waals surface area contributed by atoms with Crippen molar-refractivity contribution in [3.8, 4) is 0 Å². The van der Waals surface area contributed by atoms with Crippen LogP contribution in [0.4, 0.5) is 5.69 Å². The first-order chi connectivity index (χ1) is 9.02. The van der Waals surface area contributed by atoms with E-state index in [9.17, 15) is 4.79 Å². The fraction of sp³-hybridized carbons (Fsp3) is 0.533. The van der Waals surface area contributed by atoms with Crippen molar-refractivity contribution in [2.45, 2.75) is 32.9 Å². The van der Waals surface area contributed by atoms with Crippen molar-refractivity contribution in [1.82, 2.24) is 4.90 Å². The molecule has 3 N–H and O–H groups in total. The van der Waals surface area contributed by atoms with Crippen LogP contribution in [0.3, 0.4) is 0 Å². The van der Waals surface area contributed by atoms with Crippen LogP contribution in [0.1, 0.15) is 25.8 Å². The van der Waals surface area contributed by atoms with E-state index in [1.807, 2.05) is 12.1 Å². The van der Waals surface area contributed by atoms with Gasteiger partial charge in [0.25, 0.3) is 0 Å². The van der Waals surface area contributed by atoms with Crippen LogP contribution in [-0.2, 0) is 11.3 Å². The van der Waals surface area contributed by atoms with E-state index in [0.717, 1.165) is 31.7 Å². The Balaban J connectivity index is 1.93. The minimum atomic E-state index is -0.0384. The van der Waals surface area contributed by atoms with Gasteiger partial charge in [-0.3, -0.25) is 9.69 Å². The number of hydrogen-bond donors (Lipinski definition) is 2. The van der Waals surface area contributed by atoms with Crippen molar-refractivity contribution < 1.29 is 4.79 Å². The van der Waals surface area contributed by atoms with Crippen LogP contribution in [-0.4, -0.2) is 29.9 Å². The zero-order chi connectivity index (χ0) is 13.8. The lowest BCUT2D eigenvalue weighted by molar-refractivity contribution is -0.114. The molecule has 104 valence electrons. The van der Waals surface area contributed by atoms with E-state index < -0.39 is 0 Å². The molecule has 19 heavy (non-hydrogen) atoms. The van der Waals surface area contributed by atoms with Gasteiger partial charge in [0.05, 0.1) is 0 Å². The van der Waals surface area contributed by atoms with Crippen LogP contribution in [0, 0.1) is 5.92 Å². The minimum Gasteiger partial charge on any atom is -0.327 e. The van der Waals surface area contributed by atoms with E-state index in [-0.39, 0.29) is 5.91 Å². The molecule has 0 aromatic heterocycles. The first kappa shape index (κ1) is 14.0. The van der Waals surface area contributed by atoms with Gasteiger partial charge < -0.3 is 11.1 Å². The Kier molecular flexibility index (Phi) is 4.56. The molecule has 0 aliphatic carbocycles. The predicted octanol–water partition coefficient (Wildman–Crippen LogP) is 1.81. The number of likely N-dealkylation sites (tertiary alicyclic amines) is 1. The topological polar surface area (TPSA) is 58.4 Å². The van der Waals surface area contributed by atoms with Gasteiger partial charge in [0.1, 0.15) is 0 Å². The minimum absolute atomic E-state index is 0.0384. The third-order valence-corrected chi connectivity index (χ3v) is 3.45. The number of carbonyl (C=O) groups is 1. The molecule has 1 aromatic carbocycles. The molecule has 2 unspecified atom stereocenters. The summed E-state index contributed by atoms with van der Waals surface area (Å²) in [6, 6.07) is 8.32. The molecule has 1 fully saturated rings. The average molecular weight is 261 g/mol. The molecule has 4 heteroatoms. The number of piperidine rings is 1. The molecular weight excluding hydrogens is 238 g/mol. The zero-order valence-electron chi connectivity index (χ0n) is 11.7. The van der Waals surface area contributed by atoms with E-state index >= 15 is 0 Å². The summed E-state index contributed by atoms with van der Waals surface area (Å²) in [5.74, 6) is 0.631. The molecule has 2 atom stereocenters. The van der Waals surface area contributed by atoms with Crippen molar-refractivity contribution in [3.63, 3.8) is 0 Å². The van der Waals surface area contributed by atoms with E-state index in [2.05, 4.69) is 29.3 Å². The third kappa shape index (κ3) is 4.33. The van der Waals surface area contributed by atoms with Crippen LogP contribution >= 0.6 is 0 Å². The quantitative estimate of drug-likeness (QED) is 0.872. The molecule has 2 rings (SSSR count). The number of carbonyl (C=O) groups excluding carboxylic acids is 1. The van der Waals surface area contributed by atoms with Gasteiger partial charge >= 0.3 is 0 Å². The highest BCUT2D eigenvalue weighted by molar-refractivity contribution is 5.88. The van der Waals surface area contributed by atoms with Gasteiger partial charge in [-0.1, -0.05) is 19.1 Å². The van der Waals surface area contributed by atoms with Gasteiger partial charge in [0, 0.05) is 38.3 Å². The SMILES string of the molecule is CC(=O)Nc1ccc(CN2CC(C)CC(N)C2)cc1. The average Bonchev–Trinajstić information content (AvgIpc) is 2.29. The number of nitrogens with two attached hydrogens (primary N) is 1. The zero-order valence-corrected chi connectivity index (χ0v) is 11.7. The van der Waals surface area contributed by atoms with Crippen LogP contribution in [0.15, 0.2) is 24.3 Å². The summed E-state index contributed by atoms with van der Waals surface area (Å²) in [6.07, 6.45) is 1.12. The number of nitrogens with zero attached hydrogens (tertiary/aromatic N) is 1. The highest BCUT2D eigenvalue weighted by Crippen LogP contribution is 2.18. The van der Waals surface area contributed by atoms with E-state index in [1.165, 1.54) is 12.5 Å². The van der Waals surface area contributed by atoms with E-state index in [1.54, 1.807) is 0 Å². The van der Waals surface area contributed by atoms with Crippen molar-refractivity contribution in [1.29, 1.82) is 0 Å². The number of rotatable bonds is 3. The van der Waals surface area contributed by atoms with Gasteiger partial charge in [-0.25, -0.2) is 0 Å². The summed E-state index contributed by atoms with van der Waals surface area (Å²) in [5, 5.41) is 2.78. The molecule has 0 radical (unpaired) electrons. The molecule has 1 aliphatic rings. The van der Waals surface area contributed by atoms with Crippen molar-refractivity contribution >= 4 is 11.6 Å². The number of hydrogen-bond acceptors (Lipinski definition) is 3. The smallest absolute Gasteiger partial charge is 0.221 e. The number of nitrogens with one attached hydrogen (secondary N) is 1. The Morgan fingerprint density at radius 2 is 2.05 bits per heavy atom. The second-order valence-electron chi connectivity index (χ2n) is 5.67. The second kappa shape index (κ2) is 6.17. The number of anilines is 1. The summed E-state index contributed by atoms with van der Waals surface area (Å²) in [6.45, 7) is 6.79. The predicted molar refractivity (Wildman–Crippen MR) is 77.8 cm³/mol. The van der Waals surface area contributed by atoms with Gasteiger partial charge in [0.2, 0.25) is 5.91 Å². The molecule has 1 aromatic rings. The van der Waals surface area contributed by atoms with Crippen molar-refractivity contribution in [2.75, 3.05) is 18.4 Å². The Bertz CT molecular complexity index is 420. The monoisotopic (exact) mass is 261 g/mol. The first-order valence-electron chi connectivity index (χ1n) is 6.87. The van der Waals surface area contributed by atoms with E-state index in [0.29, 0.717) is 12.0 Å². The summed E-state index contributed by atoms with van der Waals surface area (Å²) < 4.78 is 0. The van der Waals surface area contributed by atoms with Gasteiger partial charge in [-0.15, -0.1) is 0 Å². The van der Waals surface area contributed by atoms with E-state index in [4.69, 9.17) is 5.73 Å². The lowest BCUT2D eigenvalue weighted by Crippen LogP contribution is -2.45. The van der Waals surface area contributed by atoms with Crippen LogP contribution < -0.4 is 11.1 Å². The summed E-state index contributed by atoms with van der Waals surface area (Å²) in [7, 11) is 0. The molecule has 1 saturated heterocycles. The maximum absolute atomic E-state index is 11.0. The lowest BCUT2D eigenvalue weighted by atomic mass is 9.96. The normalized spacial score (nSPS) is 24.2. The van der Waals surface area contributed by atoms with Gasteiger partial charge in [0.15, 0.2) is 0 Å². The van der Waals surface area contributed by atoms with Gasteiger partial charge in [-0.05, 0) is 30.0 Å². The maximum Gasteiger partial charge on any atom is 0.221 e. The Morgan fingerprint density at radius 1 is 1.37 bits per heavy atom. The number of benzene rings is 1. The maximum atomic E-state index is 11.0. The molecule has 0 spiro atoms. The summed E-state index contributed by atoms with van der Waals surface area (Å²) in [4.78, 5) is 13.4. The molecule has 0 bridgehead atoms. The van der Waals surface area contributed by atoms with Crippen LogP contribution in [0.25, 0.3) is 0 Å². The second-order valence-corrected chi connectivity index (χ2v) is 5.67. The fourth-order valence-electron chi connectivity index (χ4n) is 2.80. The first-order valence-corrected chi connectivity index (χ1v) is 6.87. The fourth-order valence-corrected chi connectivity index (χ4v) is 2.80. The summed E-state index contributed by atoms with van der Waals surface area (Å²) >= 11 is 0. The molecule has 1 aliphatic heterocycles. The highest BCUT2D eigenvalue weighted by atomic mass is 16.1. The van der Waals surface area contributed by atoms with Crippen molar-refractivity contribution in [3.05, 3.63) is 29.8 Å². The third-order valence-electron chi connectivity index (χ3n) is 3.45. The Morgan fingerprint density at radius 3 is 2.63 bits per heavy atom. The van der Waals surface area contributed by atoms with Crippen LogP contribution in [0.5, 0.6) is 0 Å². The largest absolute Gasteiger partial charge is 0.327 e. The number of amides is 1. The molecule has 1 heterocycles. The van der Waals surface area contributed by atoms with Crippen molar-refractivity contribution in [2.24, 2.45) is 11.7 Å². The Hall–Kier alpha value is -1.39. The summed E-state index contributed by atoms with van der Waals surface area (Å²) in [5.41, 5.74) is 8.17. The van der Waals surface area contributed by atoms with Gasteiger partial charge in [-0.2, -0.15) is 0 Å². The lowest BCUT2D eigenvalue weighted by Gasteiger charge is -2.34. The molecule has 4 nitrogen and oxygen atoms in total. The standard InChI is InChI=1S/C15H23N3O/c1-11-7-14(16)10-18(8-11)9-13-3-5-15(6-4-13)17-12(2)19/h3-6,11,14H,7-10,16H2,1-2H3,(H,17,19).